The molecule has 8 rings (SSSR count). The number of phenolic OH excluding ortho intramolecular Hbond substituents is 2. The molecule has 1 aliphatic heterocycles. The summed E-state index contributed by atoms with van der Waals surface area (Å²) < 4.78 is 0. The Morgan fingerprint density at radius 2 is 0.898 bits per heavy atom. The van der Waals surface area contributed by atoms with E-state index in [1.165, 1.54) is 93.6 Å². The molecule has 686 valence electrons. The van der Waals surface area contributed by atoms with E-state index in [0.29, 0.717) is 57.1 Å². The number of H-pyrrole nitrogens is 1. The van der Waals surface area contributed by atoms with E-state index >= 15 is 38.4 Å². The Labute approximate surface area is 749 Å². The highest BCUT2D eigenvalue weighted by Crippen LogP contribution is 2.25. The van der Waals surface area contributed by atoms with Crippen LogP contribution < -0.4 is 59.3 Å². The number of para-hydroxylation sites is 1. The number of nitrogens with zero attached hydrogens (tertiary/aromatic N) is 5. The predicted octanol–water partition coefficient (Wildman–Crippen LogP) is 2.20. The van der Waals surface area contributed by atoms with E-state index in [2.05, 4.69) is 52.8 Å². The number of phenols is 2. The van der Waals surface area contributed by atoms with E-state index in [0.717, 1.165) is 26.5 Å². The number of thioether (sulfide) groups is 1. The Bertz CT molecular complexity index is 4970. The van der Waals surface area contributed by atoms with Crippen molar-refractivity contribution in [3.05, 3.63) is 203 Å². The first-order chi connectivity index (χ1) is 61.0. The van der Waals surface area contributed by atoms with E-state index in [9.17, 15) is 43.8 Å². The number of aromatic nitrogens is 1. The first kappa shape index (κ1) is 100. The number of fused-ring (bicyclic) bond motifs is 1. The van der Waals surface area contributed by atoms with Crippen molar-refractivity contribution in [1.29, 1.82) is 0 Å². The van der Waals surface area contributed by atoms with Gasteiger partial charge in [0.1, 0.15) is 78.0 Å². The number of benzene rings is 6. The molecule has 0 spiro atoms. The van der Waals surface area contributed by atoms with Crippen LogP contribution in [0, 0.1) is 11.8 Å². The summed E-state index contributed by atoms with van der Waals surface area (Å²) in [4.78, 5) is 231. The van der Waals surface area contributed by atoms with Crippen molar-refractivity contribution in [2.75, 3.05) is 72.9 Å². The van der Waals surface area contributed by atoms with E-state index in [1.807, 2.05) is 6.92 Å². The van der Waals surface area contributed by atoms with Crippen molar-refractivity contribution < 1.29 is 82.1 Å². The standard InChI is InChI=1S/C93H121N17O17S/c1-11-12-32-75-91(125)107(7)53-79(114)98-68(41-42-94)84(118)105-82(57(4)5)93(127)109(9)76(47-59-26-18-14-19-27-59)88(122)103-72(46-62-35-39-65(112)40-36-62)89(123)106(6)52-80(115)99-71(49-63-50-96-67-31-23-22-30-66(63)67)87(121)102-70(44-61-33-37-64(111)38-34-61)86(120)101-69(43-56(2)3)85(119)104-74(83(117)97-51-78(95)113)54-128-55-81(116)100-73(45-58-24-16-13-17-25-58)90(124)110(10)77(92(126)108(75)8)48-60-28-20-15-21-29-60/h13-31,33-40,50,56-57,68-77,82,96,111-112H,11-12,32,41-49,51-55,94H2,1-10H3,(H2,95,113)(H,97,117)(H,98,114)(H,99,115)(H,100,116)(H,101,120)(H,102,121)(H,103,122)(H,104,119)(H,105,118)/t68-,69-,70-,71-,72-,73-,74-,75-,76-,77-,82-/m0/s1. The van der Waals surface area contributed by atoms with Gasteiger partial charge in [-0.05, 0) is 101 Å². The molecular formula is C93H121N17O17S. The Morgan fingerprint density at radius 1 is 0.453 bits per heavy atom. The summed E-state index contributed by atoms with van der Waals surface area (Å²) >= 11 is 0.847. The second-order valence-corrected chi connectivity index (χ2v) is 34.1. The lowest BCUT2D eigenvalue weighted by Gasteiger charge is -2.37. The Morgan fingerprint density at radius 3 is 1.44 bits per heavy atom. The number of amides is 15. The number of likely N-dealkylation sites (N-methyl/N-ethyl adjacent to an activating group) is 5. The maximum absolute atomic E-state index is 15.5. The Balaban J connectivity index is 1.20. The van der Waals surface area contributed by atoms with Crippen molar-refractivity contribution in [3.63, 3.8) is 0 Å². The molecule has 15 amide bonds. The average Bonchev–Trinajstić information content (AvgIpc) is 1.63. The summed E-state index contributed by atoms with van der Waals surface area (Å²) in [5, 5.41) is 46.0. The van der Waals surface area contributed by atoms with E-state index < -0.39 is 186 Å². The zero-order valence-electron chi connectivity index (χ0n) is 74.0. The quantitative estimate of drug-likeness (QED) is 0.0436. The minimum absolute atomic E-state index is 0.0802. The highest BCUT2D eigenvalue weighted by Gasteiger charge is 2.42. The maximum atomic E-state index is 15.5. The second kappa shape index (κ2) is 49.1. The lowest BCUT2D eigenvalue weighted by Crippen LogP contribution is -2.61. The first-order valence-corrected chi connectivity index (χ1v) is 43.9. The predicted molar refractivity (Wildman–Crippen MR) is 483 cm³/mol. The van der Waals surface area contributed by atoms with Gasteiger partial charge in [-0.2, -0.15) is 0 Å². The van der Waals surface area contributed by atoms with Crippen molar-refractivity contribution in [2.24, 2.45) is 23.3 Å². The molecule has 11 atom stereocenters. The molecule has 1 aliphatic rings. The van der Waals surface area contributed by atoms with E-state index in [4.69, 9.17) is 11.5 Å². The van der Waals surface area contributed by atoms with E-state index in [1.54, 1.807) is 149 Å². The molecule has 7 aromatic rings. The molecular weight excluding hydrogens is 1660 g/mol. The third-order valence-electron chi connectivity index (χ3n) is 22.1. The number of rotatable bonds is 23. The van der Waals surface area contributed by atoms with Crippen LogP contribution in [-0.4, -0.2) is 268 Å². The van der Waals surface area contributed by atoms with Crippen LogP contribution in [0.25, 0.3) is 10.9 Å². The fraction of sp³-hybridized carbons (Fsp3) is 0.430. The highest BCUT2D eigenvalue weighted by atomic mass is 32.2. The number of aromatic hydroxyl groups is 2. The fourth-order valence-corrected chi connectivity index (χ4v) is 15.9. The number of unbranched alkanes of at least 4 members (excludes halogenated alkanes) is 1. The molecule has 0 radical (unpaired) electrons. The normalized spacial score (nSPS) is 22.0. The third kappa shape index (κ3) is 30.0. The number of nitrogens with two attached hydrogens (primary N) is 2. The SMILES string of the molecule is CCCC[C@H]1C(=O)N(C)CC(=O)N[C@@H](CCN)C(=O)N[C@@H](C(C)C)C(=O)N(C)[C@@H](Cc2ccccc2)C(=O)N[C@@H](Cc2ccc(O)cc2)C(=O)N(C)CC(=O)N[C@@H](Cc2c[nH]c3ccccc23)C(=O)N[C@@H](Cc2ccc(O)cc2)C(=O)N[C@@H](CC(C)C)C(=O)N[C@H](C(=O)NCC(N)=O)CSCC(=O)N[C@@H](Cc2ccccc2)C(=O)N(C)[C@@H](Cc2ccccc2)C(=O)N1C. The van der Waals surface area contributed by atoms with Gasteiger partial charge in [0.15, 0.2) is 0 Å². The number of hydrogen-bond donors (Lipinski definition) is 14. The zero-order chi connectivity index (χ0) is 93.4. The van der Waals surface area contributed by atoms with Gasteiger partial charge in [0.2, 0.25) is 88.6 Å². The van der Waals surface area contributed by atoms with E-state index in [-0.39, 0.29) is 87.5 Å². The lowest BCUT2D eigenvalue weighted by molar-refractivity contribution is -0.151. The fourth-order valence-electron chi connectivity index (χ4n) is 15.0. The van der Waals surface area contributed by atoms with Gasteiger partial charge in [-0.25, -0.2) is 0 Å². The summed E-state index contributed by atoms with van der Waals surface area (Å²) in [6, 6.07) is 28.9. The smallest absolute Gasteiger partial charge is 0.246 e. The van der Waals surface area contributed by atoms with Crippen LogP contribution in [0.4, 0.5) is 0 Å². The van der Waals surface area contributed by atoms with Crippen LogP contribution in [-0.2, 0) is 110 Å². The Hall–Kier alpha value is -13.2. The number of nitrogens with one attached hydrogen (secondary N) is 10. The van der Waals surface area contributed by atoms with Crippen molar-refractivity contribution in [3.8, 4) is 11.5 Å². The number of hydrogen-bond acceptors (Lipinski definition) is 19. The third-order valence-corrected chi connectivity index (χ3v) is 23.2. The van der Waals surface area contributed by atoms with Gasteiger partial charge < -0.3 is 99.0 Å². The van der Waals surface area contributed by atoms with Gasteiger partial charge in [-0.3, -0.25) is 71.9 Å². The van der Waals surface area contributed by atoms with Gasteiger partial charge in [0, 0.05) is 96.6 Å². The maximum Gasteiger partial charge on any atom is 0.246 e. The van der Waals surface area contributed by atoms with Gasteiger partial charge in [0.05, 0.1) is 25.4 Å². The molecule has 0 saturated carbocycles. The second-order valence-electron chi connectivity index (χ2n) is 33.0. The number of carbonyl (C=O) groups excluding carboxylic acids is 15. The molecule has 128 heavy (non-hydrogen) atoms. The summed E-state index contributed by atoms with van der Waals surface area (Å²) in [7, 11) is 6.81. The summed E-state index contributed by atoms with van der Waals surface area (Å²) in [6.07, 6.45) is 1.36. The lowest BCUT2D eigenvalue weighted by atomic mass is 9.98. The Kier molecular flexibility index (Phi) is 38.4. The van der Waals surface area contributed by atoms with Gasteiger partial charge in [-0.1, -0.05) is 181 Å². The minimum atomic E-state index is -1.58. The zero-order valence-corrected chi connectivity index (χ0v) is 74.8. The summed E-state index contributed by atoms with van der Waals surface area (Å²) in [5.74, 6) is -14.6. The van der Waals surface area contributed by atoms with Gasteiger partial charge >= 0.3 is 0 Å². The molecule has 0 bridgehead atoms. The largest absolute Gasteiger partial charge is 0.508 e. The molecule has 1 aromatic heterocycles. The van der Waals surface area contributed by atoms with Crippen LogP contribution in [0.15, 0.2) is 170 Å². The van der Waals surface area contributed by atoms with Crippen LogP contribution >= 0.6 is 11.8 Å². The first-order valence-electron chi connectivity index (χ1n) is 42.8. The summed E-state index contributed by atoms with van der Waals surface area (Å²) in [5.41, 5.74) is 15.4. The number of carbonyl (C=O) groups is 15. The van der Waals surface area contributed by atoms with Crippen LogP contribution in [0.5, 0.6) is 11.5 Å². The van der Waals surface area contributed by atoms with Gasteiger partial charge in [-0.15, -0.1) is 11.8 Å². The molecule has 0 unspecified atom stereocenters. The molecule has 1 saturated heterocycles. The number of primary amides is 1. The molecule has 35 heteroatoms. The van der Waals surface area contributed by atoms with Crippen LogP contribution in [0.1, 0.15) is 100 Å². The topological polar surface area (TPSA) is 489 Å². The molecule has 16 N–H and O–H groups in total. The van der Waals surface area contributed by atoms with Crippen molar-refractivity contribution >= 4 is 111 Å². The van der Waals surface area contributed by atoms with Crippen LogP contribution in [0.3, 0.4) is 0 Å². The van der Waals surface area contributed by atoms with Crippen LogP contribution in [0.2, 0.25) is 0 Å². The molecule has 2 heterocycles. The average molecular weight is 1780 g/mol. The minimum Gasteiger partial charge on any atom is -0.508 e. The molecule has 34 nitrogen and oxygen atoms in total. The molecule has 6 aromatic carbocycles. The monoisotopic (exact) mass is 1780 g/mol. The molecule has 0 aliphatic carbocycles. The van der Waals surface area contributed by atoms with Crippen molar-refractivity contribution in [2.45, 2.75) is 172 Å². The highest BCUT2D eigenvalue weighted by molar-refractivity contribution is 8.00. The van der Waals surface area contributed by atoms with Gasteiger partial charge in [0.25, 0.3) is 0 Å². The molecule has 1 fully saturated rings. The number of aromatic amines is 1. The van der Waals surface area contributed by atoms with Crippen molar-refractivity contribution in [1.82, 2.24) is 77.3 Å². The summed E-state index contributed by atoms with van der Waals surface area (Å²) in [6.45, 7) is 6.45.